The van der Waals surface area contributed by atoms with E-state index in [1.54, 1.807) is 13.0 Å². The third-order valence-electron chi connectivity index (χ3n) is 7.22. The molecule has 11 heteroatoms. The number of anilines is 2. The van der Waals surface area contributed by atoms with Gasteiger partial charge in [0.05, 0.1) is 22.4 Å². The number of nitrogens with zero attached hydrogens (tertiary/aromatic N) is 4. The van der Waals surface area contributed by atoms with Crippen LogP contribution in [0.2, 0.25) is 0 Å². The van der Waals surface area contributed by atoms with Gasteiger partial charge in [0, 0.05) is 67.1 Å². The van der Waals surface area contributed by atoms with Crippen molar-refractivity contribution < 1.29 is 22.4 Å². The predicted molar refractivity (Wildman–Crippen MR) is 153 cm³/mol. The van der Waals surface area contributed by atoms with Gasteiger partial charge in [0.1, 0.15) is 11.6 Å². The van der Waals surface area contributed by atoms with Gasteiger partial charge in [-0.3, -0.25) is 14.7 Å². The molecule has 5 rings (SSSR count). The lowest BCUT2D eigenvalue weighted by Gasteiger charge is -2.33. The fourth-order valence-corrected chi connectivity index (χ4v) is 4.75. The van der Waals surface area contributed by atoms with Crippen molar-refractivity contribution in [2.75, 3.05) is 44.3 Å². The van der Waals surface area contributed by atoms with Gasteiger partial charge in [-0.2, -0.15) is 13.2 Å². The number of aryl methyl sites for hydroxylation is 1. The lowest BCUT2D eigenvalue weighted by Crippen LogP contribution is -2.44. The number of aromatic nitrogens is 2. The second-order valence-corrected chi connectivity index (χ2v) is 10.3. The van der Waals surface area contributed by atoms with Crippen LogP contribution in [0, 0.1) is 24.6 Å². The summed E-state index contributed by atoms with van der Waals surface area (Å²) in [5, 5.41) is 3.70. The molecule has 0 spiro atoms. The summed E-state index contributed by atoms with van der Waals surface area (Å²) >= 11 is 0. The molecule has 2 aromatic heterocycles. The number of nitrogen functional groups attached to an aromatic ring is 1. The smallest absolute Gasteiger partial charge is 0.383 e. The fourth-order valence-electron chi connectivity index (χ4n) is 4.75. The number of nitrogens with two attached hydrogens (primary N) is 1. The molecule has 1 aliphatic heterocycles. The van der Waals surface area contributed by atoms with Gasteiger partial charge < -0.3 is 16.0 Å². The van der Waals surface area contributed by atoms with E-state index in [1.165, 1.54) is 42.7 Å². The third-order valence-corrected chi connectivity index (χ3v) is 7.22. The SMILES string of the molecule is Cc1ncc(C(=O)Nc2ccc(CN3CCN(C)CC3)c(C(F)(F)F)c2)cc1C#Cc1c(N)ncc2ccc(F)cc12. The van der Waals surface area contributed by atoms with E-state index in [9.17, 15) is 22.4 Å². The van der Waals surface area contributed by atoms with Crippen LogP contribution in [-0.4, -0.2) is 58.9 Å². The molecule has 1 aliphatic rings. The molecule has 0 unspecified atom stereocenters. The second-order valence-electron chi connectivity index (χ2n) is 10.3. The molecule has 0 saturated carbocycles. The molecular formula is C31H28F4N6O. The zero-order valence-electron chi connectivity index (χ0n) is 23.0. The Bertz CT molecular complexity index is 1710. The Balaban J connectivity index is 1.39. The zero-order chi connectivity index (χ0) is 30.0. The first-order valence-electron chi connectivity index (χ1n) is 13.2. The maximum absolute atomic E-state index is 14.0. The summed E-state index contributed by atoms with van der Waals surface area (Å²) in [6, 6.07) is 9.53. The number of likely N-dealkylation sites (N-methyl/N-ethyl adjacent to an activating group) is 1. The summed E-state index contributed by atoms with van der Waals surface area (Å²) in [5.41, 5.74) is 6.75. The highest BCUT2D eigenvalue weighted by atomic mass is 19.4. The Morgan fingerprint density at radius 1 is 1.02 bits per heavy atom. The molecule has 0 aliphatic carbocycles. The van der Waals surface area contributed by atoms with Crippen molar-refractivity contribution >= 4 is 28.2 Å². The number of hydrogen-bond donors (Lipinski definition) is 2. The number of amides is 1. The molecule has 1 saturated heterocycles. The van der Waals surface area contributed by atoms with Gasteiger partial charge in [-0.1, -0.05) is 17.9 Å². The summed E-state index contributed by atoms with van der Waals surface area (Å²) in [7, 11) is 1.98. The van der Waals surface area contributed by atoms with Crippen LogP contribution in [0.3, 0.4) is 0 Å². The molecule has 42 heavy (non-hydrogen) atoms. The van der Waals surface area contributed by atoms with Crippen molar-refractivity contribution in [1.29, 1.82) is 0 Å². The van der Waals surface area contributed by atoms with E-state index >= 15 is 0 Å². The van der Waals surface area contributed by atoms with Crippen LogP contribution in [0.1, 0.15) is 38.3 Å². The lowest BCUT2D eigenvalue weighted by molar-refractivity contribution is -0.138. The Morgan fingerprint density at radius 3 is 2.52 bits per heavy atom. The van der Waals surface area contributed by atoms with Crippen molar-refractivity contribution in [3.8, 4) is 11.8 Å². The molecule has 4 aromatic rings. The summed E-state index contributed by atoms with van der Waals surface area (Å²) in [5.74, 6) is 4.87. The molecule has 0 atom stereocenters. The lowest BCUT2D eigenvalue weighted by atomic mass is 10.0. The number of fused-ring (bicyclic) bond motifs is 1. The number of hydrogen-bond acceptors (Lipinski definition) is 6. The second kappa shape index (κ2) is 11.8. The van der Waals surface area contributed by atoms with Gasteiger partial charge in [-0.25, -0.2) is 9.37 Å². The first kappa shape index (κ1) is 29.0. The van der Waals surface area contributed by atoms with E-state index in [-0.39, 0.29) is 29.2 Å². The highest BCUT2D eigenvalue weighted by molar-refractivity contribution is 6.04. The molecule has 1 fully saturated rings. The first-order valence-corrected chi connectivity index (χ1v) is 13.2. The maximum atomic E-state index is 14.0. The van der Waals surface area contributed by atoms with Gasteiger partial charge in [-0.05, 0) is 55.9 Å². The van der Waals surface area contributed by atoms with Crippen LogP contribution < -0.4 is 11.1 Å². The van der Waals surface area contributed by atoms with Crippen LogP contribution in [0.5, 0.6) is 0 Å². The molecule has 0 radical (unpaired) electrons. The third kappa shape index (κ3) is 6.51. The standard InChI is InChI=1S/C31H28F4N6O/c1-19-20(5-8-26-27-14-24(32)6-3-21(27)16-38-29(26)36)13-23(17-37-19)30(42)39-25-7-4-22(28(15-25)31(33,34)35)18-41-11-9-40(2)10-12-41/h3-4,6-7,13-17H,9-12,18H2,1-2H3,(H2,36,38)(H,39,42). The van der Waals surface area contributed by atoms with E-state index in [0.29, 0.717) is 40.7 Å². The Morgan fingerprint density at radius 2 is 1.79 bits per heavy atom. The number of alkyl halides is 3. The highest BCUT2D eigenvalue weighted by Gasteiger charge is 2.34. The van der Waals surface area contributed by atoms with E-state index in [4.69, 9.17) is 5.73 Å². The number of halogens is 4. The van der Waals surface area contributed by atoms with Gasteiger partial charge in [-0.15, -0.1) is 0 Å². The minimum Gasteiger partial charge on any atom is -0.383 e. The van der Waals surface area contributed by atoms with Crippen molar-refractivity contribution in [2.45, 2.75) is 19.6 Å². The zero-order valence-corrected chi connectivity index (χ0v) is 23.0. The molecule has 2 aromatic carbocycles. The predicted octanol–water partition coefficient (Wildman–Crippen LogP) is 5.08. The molecular weight excluding hydrogens is 548 g/mol. The van der Waals surface area contributed by atoms with Gasteiger partial charge in [0.25, 0.3) is 5.91 Å². The van der Waals surface area contributed by atoms with Crippen LogP contribution >= 0.6 is 0 Å². The van der Waals surface area contributed by atoms with Crippen LogP contribution in [-0.2, 0) is 12.7 Å². The number of carbonyl (C=O) groups excluding carboxylic acids is 1. The monoisotopic (exact) mass is 576 g/mol. The minimum absolute atomic E-state index is 0.0132. The molecule has 216 valence electrons. The van der Waals surface area contributed by atoms with E-state index in [1.807, 2.05) is 11.9 Å². The van der Waals surface area contributed by atoms with Crippen molar-refractivity contribution in [3.05, 3.63) is 94.2 Å². The molecule has 0 bridgehead atoms. The fraction of sp³-hybridized carbons (Fsp3) is 0.258. The van der Waals surface area contributed by atoms with Crippen molar-refractivity contribution in [1.82, 2.24) is 19.8 Å². The normalized spacial score (nSPS) is 14.4. The minimum atomic E-state index is -4.59. The van der Waals surface area contributed by atoms with E-state index in [0.717, 1.165) is 19.2 Å². The number of rotatable bonds is 4. The van der Waals surface area contributed by atoms with Crippen LogP contribution in [0.15, 0.2) is 54.9 Å². The Labute approximate surface area is 240 Å². The molecule has 1 amide bonds. The van der Waals surface area contributed by atoms with Gasteiger partial charge in [0.15, 0.2) is 0 Å². The average molecular weight is 577 g/mol. The van der Waals surface area contributed by atoms with Gasteiger partial charge in [0.2, 0.25) is 0 Å². The number of benzene rings is 2. The summed E-state index contributed by atoms with van der Waals surface area (Å²) in [6.07, 6.45) is -1.74. The molecule has 7 nitrogen and oxygen atoms in total. The largest absolute Gasteiger partial charge is 0.416 e. The van der Waals surface area contributed by atoms with Crippen LogP contribution in [0.4, 0.5) is 29.1 Å². The topological polar surface area (TPSA) is 87.4 Å². The van der Waals surface area contributed by atoms with Crippen molar-refractivity contribution in [3.63, 3.8) is 0 Å². The number of piperazine rings is 1. The summed E-state index contributed by atoms with van der Waals surface area (Å²) in [6.45, 7) is 4.81. The van der Waals surface area contributed by atoms with E-state index in [2.05, 4.69) is 32.0 Å². The molecule has 3 N–H and O–H groups in total. The summed E-state index contributed by atoms with van der Waals surface area (Å²) in [4.78, 5) is 25.5. The first-order chi connectivity index (χ1) is 20.0. The van der Waals surface area contributed by atoms with Crippen molar-refractivity contribution in [2.24, 2.45) is 0 Å². The molecule has 3 heterocycles. The van der Waals surface area contributed by atoms with Gasteiger partial charge >= 0.3 is 6.18 Å². The Kier molecular flexibility index (Phi) is 8.11. The highest BCUT2D eigenvalue weighted by Crippen LogP contribution is 2.35. The quantitative estimate of drug-likeness (QED) is 0.261. The Hall–Kier alpha value is -4.53. The number of pyridine rings is 2. The maximum Gasteiger partial charge on any atom is 0.416 e. The number of carbonyl (C=O) groups is 1. The van der Waals surface area contributed by atoms with E-state index < -0.39 is 23.5 Å². The number of nitrogens with one attached hydrogen (secondary N) is 1. The van der Waals surface area contributed by atoms with Crippen LogP contribution in [0.25, 0.3) is 10.8 Å². The average Bonchev–Trinajstić information content (AvgIpc) is 2.94. The summed E-state index contributed by atoms with van der Waals surface area (Å²) < 4.78 is 55.8.